The number of hydrogen-bond acceptors (Lipinski definition) is 0. The molecule has 0 spiro atoms. The Morgan fingerprint density at radius 3 is 1.32 bits per heavy atom. The zero-order valence-electron chi connectivity index (χ0n) is 17.1. The molecule has 0 N–H and O–H groups in total. The zero-order valence-corrected chi connectivity index (χ0v) is 17.1. The highest BCUT2D eigenvalue weighted by molar-refractivity contribution is 5.88. The molecule has 0 nitrogen and oxygen atoms in total. The fourth-order valence-corrected chi connectivity index (χ4v) is 5.32. The zero-order chi connectivity index (χ0) is 19.4. The van der Waals surface area contributed by atoms with Crippen molar-refractivity contribution >= 4 is 5.57 Å². The van der Waals surface area contributed by atoms with Gasteiger partial charge in [0.1, 0.15) is 0 Å². The number of fused-ring (bicyclic) bond motifs is 5. The van der Waals surface area contributed by atoms with E-state index >= 15 is 0 Å². The lowest BCUT2D eigenvalue weighted by molar-refractivity contribution is 1.03. The largest absolute Gasteiger partial charge is 0.0760 e. The van der Waals surface area contributed by atoms with Gasteiger partial charge in [-0.2, -0.15) is 0 Å². The van der Waals surface area contributed by atoms with Gasteiger partial charge >= 0.3 is 0 Å². The quantitative estimate of drug-likeness (QED) is 0.424. The van der Waals surface area contributed by atoms with Crippen LogP contribution in [0.5, 0.6) is 0 Å². The molecular formula is C28H26. The molecule has 2 atom stereocenters. The van der Waals surface area contributed by atoms with Crippen LogP contribution in [-0.2, 0) is 0 Å². The molecule has 0 amide bonds. The van der Waals surface area contributed by atoms with Crippen LogP contribution in [0.15, 0.2) is 78.4 Å². The SMILES string of the molecule is Cc1c(C)c(C)c2c(c1C)[C@H]1C=C[C@H]2C1=C(c1ccccc1)c1ccccc1. The van der Waals surface area contributed by atoms with Crippen LogP contribution in [0.25, 0.3) is 5.57 Å². The van der Waals surface area contributed by atoms with Crippen molar-refractivity contribution in [3.63, 3.8) is 0 Å². The van der Waals surface area contributed by atoms with Gasteiger partial charge in [-0.1, -0.05) is 72.8 Å². The summed E-state index contributed by atoms with van der Waals surface area (Å²) in [5, 5.41) is 0. The molecule has 0 aliphatic heterocycles. The van der Waals surface area contributed by atoms with E-state index in [9.17, 15) is 0 Å². The number of benzene rings is 3. The van der Waals surface area contributed by atoms with Gasteiger partial charge in [0.25, 0.3) is 0 Å². The van der Waals surface area contributed by atoms with E-state index in [1.165, 1.54) is 39.0 Å². The van der Waals surface area contributed by atoms with E-state index in [2.05, 4.69) is 101 Å². The summed E-state index contributed by atoms with van der Waals surface area (Å²) in [5.74, 6) is 0.793. The van der Waals surface area contributed by atoms with Crippen molar-refractivity contribution in [3.8, 4) is 0 Å². The minimum Gasteiger partial charge on any atom is -0.0760 e. The molecule has 2 aliphatic carbocycles. The highest BCUT2D eigenvalue weighted by atomic mass is 14.5. The maximum atomic E-state index is 2.44. The monoisotopic (exact) mass is 362 g/mol. The van der Waals surface area contributed by atoms with Gasteiger partial charge in [0, 0.05) is 11.8 Å². The summed E-state index contributed by atoms with van der Waals surface area (Å²) in [7, 11) is 0. The highest BCUT2D eigenvalue weighted by Gasteiger charge is 2.42. The smallest absolute Gasteiger partial charge is 0.0253 e. The average molecular weight is 363 g/mol. The Morgan fingerprint density at radius 1 is 0.536 bits per heavy atom. The maximum absolute atomic E-state index is 2.44. The van der Waals surface area contributed by atoms with E-state index in [0.717, 1.165) is 0 Å². The van der Waals surface area contributed by atoms with Crippen LogP contribution in [0.3, 0.4) is 0 Å². The van der Waals surface area contributed by atoms with E-state index in [1.54, 1.807) is 16.7 Å². The summed E-state index contributed by atoms with van der Waals surface area (Å²) in [5.41, 5.74) is 14.6. The lowest BCUT2D eigenvalue weighted by Gasteiger charge is -2.20. The fourth-order valence-electron chi connectivity index (χ4n) is 5.32. The second-order valence-electron chi connectivity index (χ2n) is 8.23. The minimum atomic E-state index is 0.397. The first-order valence-corrected chi connectivity index (χ1v) is 10.2. The molecule has 28 heavy (non-hydrogen) atoms. The van der Waals surface area contributed by atoms with E-state index in [1.807, 2.05) is 0 Å². The molecule has 0 heterocycles. The van der Waals surface area contributed by atoms with Crippen molar-refractivity contribution in [2.45, 2.75) is 39.5 Å². The summed E-state index contributed by atoms with van der Waals surface area (Å²) in [4.78, 5) is 0. The molecule has 0 fully saturated rings. The molecule has 0 heteroatoms. The minimum absolute atomic E-state index is 0.397. The van der Waals surface area contributed by atoms with Crippen molar-refractivity contribution in [3.05, 3.63) is 123 Å². The van der Waals surface area contributed by atoms with Crippen LogP contribution in [0.1, 0.15) is 56.3 Å². The fraction of sp³-hybridized carbons (Fsp3) is 0.214. The van der Waals surface area contributed by atoms with E-state index < -0.39 is 0 Å². The molecule has 5 rings (SSSR count). The Morgan fingerprint density at radius 2 is 0.929 bits per heavy atom. The normalized spacial score (nSPS) is 19.2. The summed E-state index contributed by atoms with van der Waals surface area (Å²) >= 11 is 0. The predicted octanol–water partition coefficient (Wildman–Crippen LogP) is 7.17. The van der Waals surface area contributed by atoms with Gasteiger partial charge < -0.3 is 0 Å². The predicted molar refractivity (Wildman–Crippen MR) is 119 cm³/mol. The van der Waals surface area contributed by atoms with Gasteiger partial charge in [-0.25, -0.2) is 0 Å². The van der Waals surface area contributed by atoms with Crippen LogP contribution in [0, 0.1) is 27.7 Å². The van der Waals surface area contributed by atoms with Crippen LogP contribution < -0.4 is 0 Å². The van der Waals surface area contributed by atoms with E-state index in [-0.39, 0.29) is 0 Å². The van der Waals surface area contributed by atoms with E-state index in [0.29, 0.717) is 11.8 Å². The third kappa shape index (κ3) is 2.31. The summed E-state index contributed by atoms with van der Waals surface area (Å²) in [6.45, 7) is 9.20. The second kappa shape index (κ2) is 6.34. The Kier molecular flexibility index (Phi) is 3.91. The summed E-state index contributed by atoms with van der Waals surface area (Å²) < 4.78 is 0. The Hall–Kier alpha value is -2.86. The Balaban J connectivity index is 1.84. The van der Waals surface area contributed by atoms with Crippen LogP contribution in [-0.4, -0.2) is 0 Å². The molecule has 2 aliphatic rings. The van der Waals surface area contributed by atoms with Gasteiger partial charge in [0.05, 0.1) is 0 Å². The molecule has 138 valence electrons. The average Bonchev–Trinajstić information content (AvgIpc) is 3.28. The molecule has 2 bridgehead atoms. The van der Waals surface area contributed by atoms with Gasteiger partial charge in [-0.05, 0) is 83.3 Å². The lowest BCUT2D eigenvalue weighted by Crippen LogP contribution is -2.04. The second-order valence-corrected chi connectivity index (χ2v) is 8.23. The molecule has 0 unspecified atom stereocenters. The van der Waals surface area contributed by atoms with Crippen molar-refractivity contribution in [2.75, 3.05) is 0 Å². The maximum Gasteiger partial charge on any atom is 0.0253 e. The summed E-state index contributed by atoms with van der Waals surface area (Å²) in [6.07, 6.45) is 4.88. The first kappa shape index (κ1) is 17.3. The number of hydrogen-bond donors (Lipinski definition) is 0. The third-order valence-corrected chi connectivity index (χ3v) is 6.99. The van der Waals surface area contributed by atoms with Crippen LogP contribution in [0.4, 0.5) is 0 Å². The number of allylic oxidation sites excluding steroid dienone is 3. The third-order valence-electron chi connectivity index (χ3n) is 6.99. The summed E-state index contributed by atoms with van der Waals surface area (Å²) in [6, 6.07) is 21.9. The van der Waals surface area contributed by atoms with Crippen molar-refractivity contribution in [2.24, 2.45) is 0 Å². The van der Waals surface area contributed by atoms with Gasteiger partial charge in [0.15, 0.2) is 0 Å². The van der Waals surface area contributed by atoms with Crippen molar-refractivity contribution in [1.82, 2.24) is 0 Å². The molecule has 0 aromatic heterocycles. The standard InChI is InChI=1S/C28H26/c1-17-18(2)20(4)26-24-16-15-23(25(26)19(17)3)28(24)27(21-11-7-5-8-12-21)22-13-9-6-10-14-22/h5-16,23-24H,1-4H3/t23-,24-/m1/s1. The number of rotatable bonds is 2. The molecule has 3 aromatic carbocycles. The first-order chi connectivity index (χ1) is 13.6. The Bertz CT molecular complexity index is 1040. The Labute approximate surface area is 168 Å². The lowest BCUT2D eigenvalue weighted by atomic mass is 9.84. The van der Waals surface area contributed by atoms with Crippen molar-refractivity contribution < 1.29 is 0 Å². The van der Waals surface area contributed by atoms with Gasteiger partial charge in [0.2, 0.25) is 0 Å². The van der Waals surface area contributed by atoms with E-state index in [4.69, 9.17) is 0 Å². The van der Waals surface area contributed by atoms with Gasteiger partial charge in [-0.15, -0.1) is 0 Å². The molecule has 0 saturated heterocycles. The molecule has 0 radical (unpaired) electrons. The molecular weight excluding hydrogens is 336 g/mol. The van der Waals surface area contributed by atoms with Crippen LogP contribution >= 0.6 is 0 Å². The first-order valence-electron chi connectivity index (χ1n) is 10.2. The van der Waals surface area contributed by atoms with Gasteiger partial charge in [-0.3, -0.25) is 0 Å². The molecule has 3 aromatic rings. The van der Waals surface area contributed by atoms with Crippen LogP contribution in [0.2, 0.25) is 0 Å². The highest BCUT2D eigenvalue weighted by Crippen LogP contribution is 2.58. The topological polar surface area (TPSA) is 0 Å². The molecule has 0 saturated carbocycles. The van der Waals surface area contributed by atoms with Crippen molar-refractivity contribution in [1.29, 1.82) is 0 Å².